The molecule has 0 spiro atoms. The lowest BCUT2D eigenvalue weighted by molar-refractivity contribution is 1.09. The van der Waals surface area contributed by atoms with Gasteiger partial charge in [-0.3, -0.25) is 0 Å². The van der Waals surface area contributed by atoms with Crippen molar-refractivity contribution in [2.45, 2.75) is 13.3 Å². The lowest BCUT2D eigenvalue weighted by Crippen LogP contribution is -1.97. The zero-order chi connectivity index (χ0) is 13.2. The zero-order valence-electron chi connectivity index (χ0n) is 10.8. The van der Waals surface area contributed by atoms with Gasteiger partial charge in [0, 0.05) is 23.7 Å². The van der Waals surface area contributed by atoms with Crippen molar-refractivity contribution in [3.05, 3.63) is 65.5 Å². The van der Waals surface area contributed by atoms with Crippen molar-refractivity contribution in [3.8, 4) is 0 Å². The van der Waals surface area contributed by atoms with Crippen LogP contribution >= 0.6 is 0 Å². The summed E-state index contributed by atoms with van der Waals surface area (Å²) in [5, 5.41) is 1.03. The summed E-state index contributed by atoms with van der Waals surface area (Å²) in [7, 11) is 0. The fourth-order valence-electron chi connectivity index (χ4n) is 2.24. The van der Waals surface area contributed by atoms with Crippen LogP contribution in [0.15, 0.2) is 48.7 Å². The Morgan fingerprint density at radius 1 is 1.11 bits per heavy atom. The Labute approximate surface area is 112 Å². The highest BCUT2D eigenvalue weighted by Crippen LogP contribution is 2.18. The Hall–Kier alpha value is -2.42. The molecule has 0 atom stereocenters. The molecule has 0 aliphatic carbocycles. The molecule has 0 unspecified atom stereocenters. The van der Waals surface area contributed by atoms with E-state index in [0.717, 1.165) is 23.0 Å². The van der Waals surface area contributed by atoms with Crippen LogP contribution < -0.4 is 5.73 Å². The minimum absolute atomic E-state index is 0.489. The number of rotatable bonds is 2. The molecule has 3 heteroatoms. The predicted octanol–water partition coefficient (Wildman–Crippen LogP) is 3.11. The van der Waals surface area contributed by atoms with E-state index in [9.17, 15) is 0 Å². The van der Waals surface area contributed by atoms with Crippen molar-refractivity contribution in [3.63, 3.8) is 0 Å². The fraction of sp³-hybridized carbons (Fsp3) is 0.125. The molecule has 0 bridgehead atoms. The summed E-state index contributed by atoms with van der Waals surface area (Å²) in [6.07, 6.45) is 2.52. The molecule has 0 saturated carbocycles. The molecule has 0 aliphatic heterocycles. The number of benzene rings is 1. The largest absolute Gasteiger partial charge is 0.382 e. The molecule has 0 amide bonds. The number of pyridine rings is 2. The first-order valence-electron chi connectivity index (χ1n) is 6.28. The number of nitrogens with zero attached hydrogens (tertiary/aromatic N) is 2. The average Bonchev–Trinajstić information content (AvgIpc) is 2.40. The number of fused-ring (bicyclic) bond motifs is 1. The molecule has 3 aromatic rings. The summed E-state index contributed by atoms with van der Waals surface area (Å²) in [5.74, 6) is 0.489. The fourth-order valence-corrected chi connectivity index (χ4v) is 2.24. The molecule has 94 valence electrons. The van der Waals surface area contributed by atoms with Gasteiger partial charge in [-0.2, -0.15) is 0 Å². The highest BCUT2D eigenvalue weighted by molar-refractivity contribution is 5.86. The molecule has 0 aliphatic rings. The molecule has 0 fully saturated rings. The van der Waals surface area contributed by atoms with Crippen molar-refractivity contribution in [1.29, 1.82) is 0 Å². The monoisotopic (exact) mass is 249 g/mol. The van der Waals surface area contributed by atoms with Crippen molar-refractivity contribution in [2.75, 3.05) is 5.73 Å². The molecule has 1 aromatic carbocycles. The van der Waals surface area contributed by atoms with Gasteiger partial charge in [0.2, 0.25) is 0 Å². The van der Waals surface area contributed by atoms with E-state index in [1.54, 1.807) is 6.20 Å². The van der Waals surface area contributed by atoms with Gasteiger partial charge in [-0.1, -0.05) is 35.9 Å². The molecule has 2 heterocycles. The SMILES string of the molecule is Cc1cccc(Cc2ccc3ccnc(N)c3n2)c1. The highest BCUT2D eigenvalue weighted by atomic mass is 14.9. The second-order valence-electron chi connectivity index (χ2n) is 4.74. The van der Waals surface area contributed by atoms with Crippen molar-refractivity contribution >= 4 is 16.7 Å². The van der Waals surface area contributed by atoms with Gasteiger partial charge in [-0.05, 0) is 24.6 Å². The highest BCUT2D eigenvalue weighted by Gasteiger charge is 2.03. The molecule has 3 rings (SSSR count). The van der Waals surface area contributed by atoms with E-state index in [0.29, 0.717) is 5.82 Å². The van der Waals surface area contributed by atoms with Gasteiger partial charge < -0.3 is 5.73 Å². The van der Waals surface area contributed by atoms with Gasteiger partial charge in [-0.25, -0.2) is 9.97 Å². The Kier molecular flexibility index (Phi) is 2.88. The van der Waals surface area contributed by atoms with Crippen LogP contribution in [0.25, 0.3) is 10.9 Å². The molecular formula is C16H15N3. The smallest absolute Gasteiger partial charge is 0.149 e. The number of nitrogens with two attached hydrogens (primary N) is 1. The van der Waals surface area contributed by atoms with Crippen LogP contribution in [0.2, 0.25) is 0 Å². The third kappa shape index (κ3) is 2.40. The van der Waals surface area contributed by atoms with E-state index in [1.165, 1.54) is 11.1 Å². The van der Waals surface area contributed by atoms with E-state index in [-0.39, 0.29) is 0 Å². The predicted molar refractivity (Wildman–Crippen MR) is 77.9 cm³/mol. The molecule has 2 aromatic heterocycles. The number of aryl methyl sites for hydroxylation is 1. The zero-order valence-corrected chi connectivity index (χ0v) is 10.8. The number of aromatic nitrogens is 2. The van der Waals surface area contributed by atoms with Crippen molar-refractivity contribution < 1.29 is 0 Å². The Balaban J connectivity index is 2.00. The quantitative estimate of drug-likeness (QED) is 0.759. The first kappa shape index (κ1) is 11.7. The molecular weight excluding hydrogens is 234 g/mol. The van der Waals surface area contributed by atoms with Crippen LogP contribution in [0.4, 0.5) is 5.82 Å². The Morgan fingerprint density at radius 2 is 2.00 bits per heavy atom. The van der Waals surface area contributed by atoms with Gasteiger partial charge in [0.05, 0.1) is 0 Å². The maximum Gasteiger partial charge on any atom is 0.149 e. The van der Waals surface area contributed by atoms with E-state index >= 15 is 0 Å². The van der Waals surface area contributed by atoms with Gasteiger partial charge >= 0.3 is 0 Å². The molecule has 0 saturated heterocycles. The summed E-state index contributed by atoms with van der Waals surface area (Å²) in [6.45, 7) is 2.10. The van der Waals surface area contributed by atoms with E-state index in [1.807, 2.05) is 18.2 Å². The van der Waals surface area contributed by atoms with E-state index in [2.05, 4.69) is 41.2 Å². The van der Waals surface area contributed by atoms with Gasteiger partial charge in [-0.15, -0.1) is 0 Å². The lowest BCUT2D eigenvalue weighted by Gasteiger charge is -2.05. The second kappa shape index (κ2) is 4.69. The Bertz CT molecular complexity index is 735. The van der Waals surface area contributed by atoms with Gasteiger partial charge in [0.15, 0.2) is 0 Å². The standard InChI is InChI=1S/C16H15N3/c1-11-3-2-4-12(9-11)10-14-6-5-13-7-8-18-16(17)15(13)19-14/h2-9H,10H2,1H3,(H2,17,18). The third-order valence-electron chi connectivity index (χ3n) is 3.16. The maximum absolute atomic E-state index is 5.87. The minimum atomic E-state index is 0.489. The molecule has 0 radical (unpaired) electrons. The van der Waals surface area contributed by atoms with Crippen LogP contribution in [-0.4, -0.2) is 9.97 Å². The summed E-state index contributed by atoms with van der Waals surface area (Å²) >= 11 is 0. The number of anilines is 1. The van der Waals surface area contributed by atoms with Crippen LogP contribution in [0.5, 0.6) is 0 Å². The maximum atomic E-state index is 5.87. The average molecular weight is 249 g/mol. The number of hydrogen-bond acceptors (Lipinski definition) is 3. The summed E-state index contributed by atoms with van der Waals surface area (Å²) in [4.78, 5) is 8.70. The van der Waals surface area contributed by atoms with Crippen molar-refractivity contribution in [1.82, 2.24) is 9.97 Å². The first-order valence-corrected chi connectivity index (χ1v) is 6.28. The van der Waals surface area contributed by atoms with E-state index in [4.69, 9.17) is 5.73 Å². The molecule has 19 heavy (non-hydrogen) atoms. The third-order valence-corrected chi connectivity index (χ3v) is 3.16. The molecule has 3 nitrogen and oxygen atoms in total. The van der Waals surface area contributed by atoms with Crippen LogP contribution in [-0.2, 0) is 6.42 Å². The summed E-state index contributed by atoms with van der Waals surface area (Å²) in [5.41, 5.74) is 10.2. The minimum Gasteiger partial charge on any atom is -0.382 e. The number of nitrogen functional groups attached to an aromatic ring is 1. The van der Waals surface area contributed by atoms with E-state index < -0.39 is 0 Å². The van der Waals surface area contributed by atoms with Gasteiger partial charge in [0.1, 0.15) is 11.3 Å². The Morgan fingerprint density at radius 3 is 2.84 bits per heavy atom. The molecule has 2 N–H and O–H groups in total. The van der Waals surface area contributed by atoms with Gasteiger partial charge in [0.25, 0.3) is 0 Å². The topological polar surface area (TPSA) is 51.8 Å². The normalized spacial score (nSPS) is 10.8. The summed E-state index contributed by atoms with van der Waals surface area (Å²) < 4.78 is 0. The van der Waals surface area contributed by atoms with Crippen molar-refractivity contribution in [2.24, 2.45) is 0 Å². The van der Waals surface area contributed by atoms with Crippen LogP contribution in [0.3, 0.4) is 0 Å². The number of hydrogen-bond donors (Lipinski definition) is 1. The first-order chi connectivity index (χ1) is 9.22. The van der Waals surface area contributed by atoms with Crippen LogP contribution in [0.1, 0.15) is 16.8 Å². The van der Waals surface area contributed by atoms with Crippen LogP contribution in [0, 0.1) is 6.92 Å². The summed E-state index contributed by atoms with van der Waals surface area (Å²) in [6, 6.07) is 14.5. The second-order valence-corrected chi connectivity index (χ2v) is 4.74. The lowest BCUT2D eigenvalue weighted by atomic mass is 10.1.